The highest BCUT2D eigenvalue weighted by atomic mass is 16.3. The monoisotopic (exact) mass is 334 g/mol. The van der Waals surface area contributed by atoms with Crippen molar-refractivity contribution in [3.63, 3.8) is 0 Å². The van der Waals surface area contributed by atoms with Crippen LogP contribution >= 0.6 is 0 Å². The maximum absolute atomic E-state index is 9.54. The van der Waals surface area contributed by atoms with E-state index in [9.17, 15) is 5.11 Å². The zero-order chi connectivity index (χ0) is 17.2. The van der Waals surface area contributed by atoms with Gasteiger partial charge in [0.2, 0.25) is 0 Å². The fraction of sp³-hybridized carbons (Fsp3) is 0.250. The van der Waals surface area contributed by atoms with Crippen LogP contribution in [0.2, 0.25) is 0 Å². The number of nitrogen functional groups attached to an aromatic ring is 1. The molecule has 4 rings (SSSR count). The molecule has 0 aliphatic carbocycles. The Bertz CT molecular complexity index is 891. The number of fused-ring (bicyclic) bond motifs is 1. The van der Waals surface area contributed by atoms with Gasteiger partial charge in [0.05, 0.1) is 5.69 Å². The standard InChI is InChI=1S/C20H22N4O/c21-18-10-14(4-5-20(18)25)12-24-9-7-16(13-24)23-19-3-1-2-15-11-22-8-6-17(15)19/h1-6,8,10-11,16,23,25H,7,9,12-13,21H2. The molecule has 0 bridgehead atoms. The van der Waals surface area contributed by atoms with Gasteiger partial charge in [-0.25, -0.2) is 0 Å². The molecule has 0 radical (unpaired) electrons. The van der Waals surface area contributed by atoms with Crippen molar-refractivity contribution in [2.45, 2.75) is 19.0 Å². The quantitative estimate of drug-likeness (QED) is 0.505. The normalized spacial score (nSPS) is 17.8. The maximum Gasteiger partial charge on any atom is 0.138 e. The van der Waals surface area contributed by atoms with Gasteiger partial charge >= 0.3 is 0 Å². The molecule has 2 heterocycles. The number of nitrogens with zero attached hydrogens (tertiary/aromatic N) is 2. The Balaban J connectivity index is 1.43. The summed E-state index contributed by atoms with van der Waals surface area (Å²) in [5.74, 6) is 0.148. The van der Waals surface area contributed by atoms with Crippen LogP contribution < -0.4 is 11.1 Å². The summed E-state index contributed by atoms with van der Waals surface area (Å²) >= 11 is 0. The summed E-state index contributed by atoms with van der Waals surface area (Å²) in [7, 11) is 0. The summed E-state index contributed by atoms with van der Waals surface area (Å²) in [6, 6.07) is 14.2. The van der Waals surface area contributed by atoms with Crippen molar-refractivity contribution in [3.05, 3.63) is 60.4 Å². The lowest BCUT2D eigenvalue weighted by molar-refractivity contribution is 0.328. The Hall–Kier alpha value is -2.79. The molecule has 1 aliphatic rings. The van der Waals surface area contributed by atoms with Crippen LogP contribution in [-0.4, -0.2) is 34.1 Å². The van der Waals surface area contributed by atoms with Crippen LogP contribution in [0.25, 0.3) is 10.8 Å². The van der Waals surface area contributed by atoms with Gasteiger partial charge in [-0.2, -0.15) is 0 Å². The maximum atomic E-state index is 9.54. The van der Waals surface area contributed by atoms with E-state index >= 15 is 0 Å². The third kappa shape index (κ3) is 3.37. The Morgan fingerprint density at radius 2 is 2.16 bits per heavy atom. The van der Waals surface area contributed by atoms with Gasteiger partial charge in [0.25, 0.3) is 0 Å². The SMILES string of the molecule is Nc1cc(CN2CCC(Nc3cccc4cnccc34)C2)ccc1O. The molecule has 25 heavy (non-hydrogen) atoms. The van der Waals surface area contributed by atoms with Gasteiger partial charge in [0, 0.05) is 54.5 Å². The van der Waals surface area contributed by atoms with E-state index in [1.54, 1.807) is 6.07 Å². The van der Waals surface area contributed by atoms with Crippen LogP contribution in [0.15, 0.2) is 54.9 Å². The molecular formula is C20H22N4O. The van der Waals surface area contributed by atoms with Crippen molar-refractivity contribution in [3.8, 4) is 5.75 Å². The van der Waals surface area contributed by atoms with E-state index in [2.05, 4.69) is 39.5 Å². The van der Waals surface area contributed by atoms with Gasteiger partial charge in [0.15, 0.2) is 0 Å². The molecule has 0 saturated carbocycles. The minimum absolute atomic E-state index is 0.148. The van der Waals surface area contributed by atoms with Crippen LogP contribution in [0.5, 0.6) is 5.75 Å². The first-order valence-electron chi connectivity index (χ1n) is 8.58. The molecule has 128 valence electrons. The molecule has 1 unspecified atom stereocenters. The third-order valence-electron chi connectivity index (χ3n) is 4.81. The third-order valence-corrected chi connectivity index (χ3v) is 4.81. The number of pyridine rings is 1. The molecule has 1 aromatic heterocycles. The van der Waals surface area contributed by atoms with E-state index in [4.69, 9.17) is 5.73 Å². The number of rotatable bonds is 4. The number of benzene rings is 2. The molecule has 1 aliphatic heterocycles. The molecule has 0 spiro atoms. The minimum Gasteiger partial charge on any atom is -0.506 e. The summed E-state index contributed by atoms with van der Waals surface area (Å²) in [6.45, 7) is 2.88. The first-order chi connectivity index (χ1) is 12.2. The van der Waals surface area contributed by atoms with Gasteiger partial charge in [0.1, 0.15) is 5.75 Å². The molecule has 5 heteroatoms. The highest BCUT2D eigenvalue weighted by Crippen LogP contribution is 2.26. The van der Waals surface area contributed by atoms with Crippen molar-refractivity contribution >= 4 is 22.1 Å². The lowest BCUT2D eigenvalue weighted by Gasteiger charge is -2.18. The van der Waals surface area contributed by atoms with Crippen molar-refractivity contribution in [2.24, 2.45) is 0 Å². The van der Waals surface area contributed by atoms with E-state index in [1.165, 1.54) is 11.1 Å². The minimum atomic E-state index is 0.148. The number of hydrogen-bond acceptors (Lipinski definition) is 5. The van der Waals surface area contributed by atoms with Gasteiger partial charge in [-0.3, -0.25) is 9.88 Å². The molecular weight excluding hydrogens is 312 g/mol. The second-order valence-corrected chi connectivity index (χ2v) is 6.66. The van der Waals surface area contributed by atoms with E-state index in [0.29, 0.717) is 11.7 Å². The highest BCUT2D eigenvalue weighted by molar-refractivity contribution is 5.93. The van der Waals surface area contributed by atoms with Crippen molar-refractivity contribution in [1.29, 1.82) is 0 Å². The van der Waals surface area contributed by atoms with E-state index < -0.39 is 0 Å². The fourth-order valence-corrected chi connectivity index (χ4v) is 3.52. The average Bonchev–Trinajstić information content (AvgIpc) is 3.05. The topological polar surface area (TPSA) is 74.4 Å². The Labute approximate surface area is 147 Å². The summed E-state index contributed by atoms with van der Waals surface area (Å²) in [5.41, 5.74) is 8.53. The van der Waals surface area contributed by atoms with Gasteiger partial charge in [-0.05, 0) is 36.2 Å². The number of aromatic hydroxyl groups is 1. The van der Waals surface area contributed by atoms with Crippen LogP contribution in [0.3, 0.4) is 0 Å². The summed E-state index contributed by atoms with van der Waals surface area (Å²) < 4.78 is 0. The largest absolute Gasteiger partial charge is 0.506 e. The Kier molecular flexibility index (Phi) is 4.15. The zero-order valence-electron chi connectivity index (χ0n) is 14.0. The van der Waals surface area contributed by atoms with Gasteiger partial charge in [-0.1, -0.05) is 18.2 Å². The number of phenolic OH excluding ortho intramolecular Hbond substituents is 1. The molecule has 1 atom stereocenters. The van der Waals surface area contributed by atoms with Gasteiger partial charge in [-0.15, -0.1) is 0 Å². The van der Waals surface area contributed by atoms with Crippen LogP contribution in [-0.2, 0) is 6.54 Å². The Morgan fingerprint density at radius 1 is 1.24 bits per heavy atom. The number of likely N-dealkylation sites (tertiary alicyclic amines) is 1. The lowest BCUT2D eigenvalue weighted by Crippen LogP contribution is -2.26. The number of aromatic nitrogens is 1. The van der Waals surface area contributed by atoms with Crippen LogP contribution in [0.1, 0.15) is 12.0 Å². The molecule has 1 saturated heterocycles. The summed E-state index contributed by atoms with van der Waals surface area (Å²) in [6.07, 6.45) is 4.84. The molecule has 3 aromatic rings. The van der Waals surface area contributed by atoms with Crippen molar-refractivity contribution in [1.82, 2.24) is 9.88 Å². The summed E-state index contributed by atoms with van der Waals surface area (Å²) in [5, 5.41) is 15.6. The molecule has 2 aromatic carbocycles. The van der Waals surface area contributed by atoms with Crippen molar-refractivity contribution in [2.75, 3.05) is 24.1 Å². The second kappa shape index (κ2) is 6.61. The zero-order valence-corrected chi connectivity index (χ0v) is 14.0. The van der Waals surface area contributed by atoms with Crippen molar-refractivity contribution < 1.29 is 5.11 Å². The fourth-order valence-electron chi connectivity index (χ4n) is 3.52. The van der Waals surface area contributed by atoms with Crippen LogP contribution in [0.4, 0.5) is 11.4 Å². The number of nitrogens with two attached hydrogens (primary N) is 1. The molecule has 0 amide bonds. The second-order valence-electron chi connectivity index (χ2n) is 6.66. The average molecular weight is 334 g/mol. The number of nitrogens with one attached hydrogen (secondary N) is 1. The number of phenols is 1. The van der Waals surface area contributed by atoms with E-state index in [0.717, 1.165) is 37.0 Å². The predicted octanol–water partition coefficient (Wildman–Crippen LogP) is 3.21. The van der Waals surface area contributed by atoms with Crippen LogP contribution in [0, 0.1) is 0 Å². The lowest BCUT2D eigenvalue weighted by atomic mass is 10.1. The predicted molar refractivity (Wildman–Crippen MR) is 102 cm³/mol. The molecule has 1 fully saturated rings. The van der Waals surface area contributed by atoms with E-state index in [-0.39, 0.29) is 5.75 Å². The smallest absolute Gasteiger partial charge is 0.138 e. The molecule has 4 N–H and O–H groups in total. The number of anilines is 2. The highest BCUT2D eigenvalue weighted by Gasteiger charge is 2.22. The van der Waals surface area contributed by atoms with Gasteiger partial charge < -0.3 is 16.2 Å². The first-order valence-corrected chi connectivity index (χ1v) is 8.58. The Morgan fingerprint density at radius 3 is 3.04 bits per heavy atom. The summed E-state index contributed by atoms with van der Waals surface area (Å²) in [4.78, 5) is 6.61. The number of hydrogen-bond donors (Lipinski definition) is 3. The first kappa shape index (κ1) is 15.7. The van der Waals surface area contributed by atoms with E-state index in [1.807, 2.05) is 24.5 Å². The molecule has 5 nitrogen and oxygen atoms in total.